The number of nitrogens with one attached hydrogen (secondary N) is 2. The van der Waals surface area contributed by atoms with E-state index >= 15 is 0 Å². The molecule has 0 bridgehead atoms. The van der Waals surface area contributed by atoms with Gasteiger partial charge in [0.25, 0.3) is 0 Å². The van der Waals surface area contributed by atoms with Crippen molar-refractivity contribution < 1.29 is 14.3 Å². The van der Waals surface area contributed by atoms with Gasteiger partial charge in [0.05, 0.1) is 25.9 Å². The number of benzene rings is 3. The van der Waals surface area contributed by atoms with Crippen LogP contribution in [-0.4, -0.2) is 40.3 Å². The third kappa shape index (κ3) is 4.17. The molecule has 2 heterocycles. The van der Waals surface area contributed by atoms with Gasteiger partial charge in [-0.05, 0) is 29.8 Å². The molecular formula is C25H23N5O3S. The second-order valence-electron chi connectivity index (χ2n) is 7.62. The summed E-state index contributed by atoms with van der Waals surface area (Å²) in [5.74, 6) is 1.86. The fourth-order valence-electron chi connectivity index (χ4n) is 3.84. The molecule has 2 N–H and O–H groups in total. The third-order valence-corrected chi connectivity index (χ3v) is 6.78. The van der Waals surface area contributed by atoms with Crippen LogP contribution in [0, 0.1) is 0 Å². The summed E-state index contributed by atoms with van der Waals surface area (Å²) in [5.41, 5.74) is 5.96. The highest BCUT2D eigenvalue weighted by Crippen LogP contribution is 2.39. The van der Waals surface area contributed by atoms with Gasteiger partial charge in [-0.1, -0.05) is 66.4 Å². The zero-order valence-electron chi connectivity index (χ0n) is 18.6. The molecule has 1 aliphatic heterocycles. The zero-order chi connectivity index (χ0) is 23.5. The van der Waals surface area contributed by atoms with Gasteiger partial charge in [0, 0.05) is 5.56 Å². The van der Waals surface area contributed by atoms with Crippen molar-refractivity contribution in [3.05, 3.63) is 84.4 Å². The number of ether oxygens (including phenoxy) is 2. The SMILES string of the molecule is COc1ccc(C2Nn3c(nnc3-c3ccccc3)SC2C(=O)Nc2ccccc2OC)cc1. The van der Waals surface area contributed by atoms with Crippen LogP contribution in [0.2, 0.25) is 0 Å². The van der Waals surface area contributed by atoms with Crippen molar-refractivity contribution in [2.75, 3.05) is 25.0 Å². The van der Waals surface area contributed by atoms with Crippen molar-refractivity contribution >= 4 is 23.4 Å². The van der Waals surface area contributed by atoms with Crippen molar-refractivity contribution in [2.24, 2.45) is 0 Å². The molecule has 3 aromatic carbocycles. The van der Waals surface area contributed by atoms with Crippen LogP contribution in [0.25, 0.3) is 11.4 Å². The van der Waals surface area contributed by atoms with E-state index in [0.717, 1.165) is 16.9 Å². The van der Waals surface area contributed by atoms with Gasteiger partial charge >= 0.3 is 0 Å². The Morgan fingerprint density at radius 1 is 0.941 bits per heavy atom. The van der Waals surface area contributed by atoms with E-state index in [4.69, 9.17) is 9.47 Å². The molecule has 1 aliphatic rings. The van der Waals surface area contributed by atoms with Gasteiger partial charge < -0.3 is 20.2 Å². The monoisotopic (exact) mass is 473 g/mol. The van der Waals surface area contributed by atoms with E-state index < -0.39 is 5.25 Å². The Morgan fingerprint density at radius 3 is 2.41 bits per heavy atom. The van der Waals surface area contributed by atoms with Gasteiger partial charge in [0.15, 0.2) is 5.82 Å². The van der Waals surface area contributed by atoms with Crippen molar-refractivity contribution in [1.82, 2.24) is 14.9 Å². The summed E-state index contributed by atoms with van der Waals surface area (Å²) >= 11 is 1.37. The molecule has 172 valence electrons. The van der Waals surface area contributed by atoms with Gasteiger partial charge in [0.2, 0.25) is 11.1 Å². The van der Waals surface area contributed by atoms with Crippen LogP contribution in [0.15, 0.2) is 84.0 Å². The second-order valence-corrected chi connectivity index (χ2v) is 8.72. The first kappa shape index (κ1) is 21.8. The minimum absolute atomic E-state index is 0.168. The van der Waals surface area contributed by atoms with Crippen molar-refractivity contribution in [3.63, 3.8) is 0 Å². The number of hydrogen-bond acceptors (Lipinski definition) is 7. The van der Waals surface area contributed by atoms with Gasteiger partial charge in [-0.15, -0.1) is 10.2 Å². The lowest BCUT2D eigenvalue weighted by Crippen LogP contribution is -2.41. The Labute approximate surface area is 201 Å². The molecule has 0 saturated heterocycles. The number of carbonyl (C=O) groups excluding carboxylic acids is 1. The molecule has 34 heavy (non-hydrogen) atoms. The maximum Gasteiger partial charge on any atom is 0.240 e. The van der Waals surface area contributed by atoms with Crippen molar-refractivity contribution in [1.29, 1.82) is 0 Å². The molecule has 2 unspecified atom stereocenters. The molecule has 4 aromatic rings. The molecule has 1 amide bonds. The van der Waals surface area contributed by atoms with Gasteiger partial charge in [-0.3, -0.25) is 4.79 Å². The number of methoxy groups -OCH3 is 2. The number of anilines is 1. The Kier molecular flexibility index (Phi) is 6.09. The first-order chi connectivity index (χ1) is 16.7. The van der Waals surface area contributed by atoms with Crippen molar-refractivity contribution in [3.8, 4) is 22.9 Å². The summed E-state index contributed by atoms with van der Waals surface area (Å²) in [4.78, 5) is 13.5. The molecule has 0 fully saturated rings. The van der Waals surface area contributed by atoms with E-state index in [1.54, 1.807) is 14.2 Å². The summed E-state index contributed by atoms with van der Waals surface area (Å²) in [6.45, 7) is 0. The predicted octanol–water partition coefficient (Wildman–Crippen LogP) is 4.36. The number of carbonyl (C=O) groups is 1. The van der Waals surface area contributed by atoms with Gasteiger partial charge in [-0.2, -0.15) is 0 Å². The maximum absolute atomic E-state index is 13.5. The lowest BCUT2D eigenvalue weighted by atomic mass is 10.0. The minimum atomic E-state index is -0.515. The maximum atomic E-state index is 13.5. The molecule has 0 aliphatic carbocycles. The summed E-state index contributed by atoms with van der Waals surface area (Å²) in [6.07, 6.45) is 0. The largest absolute Gasteiger partial charge is 0.497 e. The lowest BCUT2D eigenvalue weighted by Gasteiger charge is -2.33. The second kappa shape index (κ2) is 9.48. The number of para-hydroxylation sites is 2. The number of fused-ring (bicyclic) bond motifs is 1. The Morgan fingerprint density at radius 2 is 1.68 bits per heavy atom. The summed E-state index contributed by atoms with van der Waals surface area (Å²) in [5, 5.41) is 11.9. The average Bonchev–Trinajstić information content (AvgIpc) is 3.32. The average molecular weight is 474 g/mol. The normalized spacial score (nSPS) is 16.8. The molecular weight excluding hydrogens is 450 g/mol. The Hall–Kier alpha value is -3.98. The van der Waals surface area contributed by atoms with E-state index in [0.29, 0.717) is 22.4 Å². The molecule has 1 aromatic heterocycles. The van der Waals surface area contributed by atoms with Gasteiger partial charge in [0.1, 0.15) is 16.7 Å². The van der Waals surface area contributed by atoms with E-state index in [2.05, 4.69) is 20.9 Å². The summed E-state index contributed by atoms with van der Waals surface area (Å²) in [7, 11) is 3.21. The van der Waals surface area contributed by atoms with E-state index in [1.807, 2.05) is 83.5 Å². The lowest BCUT2D eigenvalue weighted by molar-refractivity contribution is -0.116. The van der Waals surface area contributed by atoms with Crippen LogP contribution in [-0.2, 0) is 4.79 Å². The number of rotatable bonds is 6. The van der Waals surface area contributed by atoms with Gasteiger partial charge in [-0.25, -0.2) is 4.68 Å². The third-order valence-electron chi connectivity index (χ3n) is 5.57. The highest BCUT2D eigenvalue weighted by molar-refractivity contribution is 8.00. The number of thioether (sulfide) groups is 1. The van der Waals surface area contributed by atoms with Crippen LogP contribution in [0.1, 0.15) is 11.6 Å². The first-order valence-corrected chi connectivity index (χ1v) is 11.6. The number of amides is 1. The van der Waals surface area contributed by atoms with Crippen LogP contribution < -0.4 is 20.2 Å². The smallest absolute Gasteiger partial charge is 0.240 e. The zero-order valence-corrected chi connectivity index (χ0v) is 19.5. The number of nitrogens with zero attached hydrogens (tertiary/aromatic N) is 3. The first-order valence-electron chi connectivity index (χ1n) is 10.7. The number of hydrogen-bond donors (Lipinski definition) is 2. The quantitative estimate of drug-likeness (QED) is 0.430. The summed E-state index contributed by atoms with van der Waals surface area (Å²) in [6, 6.07) is 24.5. The van der Waals surface area contributed by atoms with E-state index in [9.17, 15) is 4.79 Å². The molecule has 0 saturated carbocycles. The van der Waals surface area contributed by atoms with Crippen molar-refractivity contribution in [2.45, 2.75) is 16.4 Å². The highest BCUT2D eigenvalue weighted by atomic mass is 32.2. The highest BCUT2D eigenvalue weighted by Gasteiger charge is 2.38. The molecule has 9 heteroatoms. The van der Waals surface area contributed by atoms with Crippen LogP contribution in [0.5, 0.6) is 11.5 Å². The fraction of sp³-hybridized carbons (Fsp3) is 0.160. The predicted molar refractivity (Wildman–Crippen MR) is 132 cm³/mol. The van der Waals surface area contributed by atoms with Crippen LogP contribution in [0.4, 0.5) is 5.69 Å². The molecule has 5 rings (SSSR count). The Bertz CT molecular complexity index is 1290. The molecule has 8 nitrogen and oxygen atoms in total. The summed E-state index contributed by atoms with van der Waals surface area (Å²) < 4.78 is 12.6. The molecule has 0 radical (unpaired) electrons. The molecule has 0 spiro atoms. The van der Waals surface area contributed by atoms with Crippen LogP contribution in [0.3, 0.4) is 0 Å². The number of aromatic nitrogens is 3. The fourth-order valence-corrected chi connectivity index (χ4v) is 4.92. The minimum Gasteiger partial charge on any atom is -0.497 e. The van der Waals surface area contributed by atoms with E-state index in [-0.39, 0.29) is 11.9 Å². The topological polar surface area (TPSA) is 90.3 Å². The Balaban J connectivity index is 1.51. The molecule has 2 atom stereocenters. The van der Waals surface area contributed by atoms with E-state index in [1.165, 1.54) is 11.8 Å². The van der Waals surface area contributed by atoms with Crippen LogP contribution >= 0.6 is 11.8 Å². The standard InChI is InChI=1S/C25H23N5O3S/c1-32-18-14-12-16(13-15-18)21-22(24(31)26-19-10-6-7-11-20(19)33-2)34-25-28-27-23(30(25)29-21)17-8-4-3-5-9-17/h3-15,21-22,29H,1-2H3,(H,26,31).